The summed E-state index contributed by atoms with van der Waals surface area (Å²) in [4.78, 5) is 12.9. The van der Waals surface area contributed by atoms with E-state index in [2.05, 4.69) is 0 Å². The van der Waals surface area contributed by atoms with Crippen LogP contribution in [-0.2, 0) is 21.2 Å². The van der Waals surface area contributed by atoms with Gasteiger partial charge in [0.15, 0.2) is 12.6 Å². The quantitative estimate of drug-likeness (QED) is 0.220. The maximum atomic E-state index is 13.2. The molecule has 0 amide bonds. The van der Waals surface area contributed by atoms with E-state index in [1.807, 2.05) is 19.9 Å². The Morgan fingerprint density at radius 3 is 2.48 bits per heavy atom. The lowest BCUT2D eigenvalue weighted by atomic mass is 9.99. The summed E-state index contributed by atoms with van der Waals surface area (Å²) >= 11 is 5.91. The summed E-state index contributed by atoms with van der Waals surface area (Å²) < 4.78 is 39.4. The Hall–Kier alpha value is -2.85. The van der Waals surface area contributed by atoms with Crippen molar-refractivity contribution < 1.29 is 32.5 Å². The topological polar surface area (TPSA) is 125 Å². The van der Waals surface area contributed by atoms with Crippen LogP contribution >= 0.6 is 11.6 Å². The first-order valence-electron chi connectivity index (χ1n) is 9.72. The second-order valence-electron chi connectivity index (χ2n) is 7.25. The third-order valence-electron chi connectivity index (χ3n) is 4.52. The summed E-state index contributed by atoms with van der Waals surface area (Å²) in [6, 6.07) is 5.52. The fourth-order valence-corrected chi connectivity index (χ4v) is 4.01. The van der Waals surface area contributed by atoms with Gasteiger partial charge >= 0.3 is 0 Å². The van der Waals surface area contributed by atoms with E-state index in [0.717, 1.165) is 5.57 Å². The largest absolute Gasteiger partial charge is 0.507 e. The summed E-state index contributed by atoms with van der Waals surface area (Å²) in [5, 5.41) is 15.7. The molecule has 0 aliphatic rings. The van der Waals surface area contributed by atoms with Gasteiger partial charge in [-0.05, 0) is 44.0 Å². The van der Waals surface area contributed by atoms with Crippen molar-refractivity contribution in [3.63, 3.8) is 0 Å². The third-order valence-corrected chi connectivity index (χ3v) is 5.91. The van der Waals surface area contributed by atoms with Crippen molar-refractivity contribution in [3.8, 4) is 17.2 Å². The Kier molecular flexibility index (Phi) is 9.07. The van der Waals surface area contributed by atoms with Crippen molar-refractivity contribution in [2.75, 3.05) is 21.0 Å². The molecular formula is C23H26ClNO7S. The minimum atomic E-state index is -4.04. The molecule has 2 aromatic carbocycles. The van der Waals surface area contributed by atoms with Crippen molar-refractivity contribution in [1.29, 1.82) is 0 Å². The van der Waals surface area contributed by atoms with Gasteiger partial charge in [0.05, 0.1) is 12.1 Å². The number of halogens is 1. The molecule has 3 N–H and O–H groups in total. The van der Waals surface area contributed by atoms with E-state index in [-0.39, 0.29) is 39.5 Å². The predicted molar refractivity (Wildman–Crippen MR) is 126 cm³/mol. The van der Waals surface area contributed by atoms with Crippen LogP contribution in [0.1, 0.15) is 35.3 Å². The molecule has 0 bridgehead atoms. The van der Waals surface area contributed by atoms with Gasteiger partial charge in [0.2, 0.25) is 10.0 Å². The number of primary sulfonamides is 1. The standard InChI is InChI=1S/C23H26ClNO7S/c1-14(2)5-8-16-19(27)12-20(31-4)22(23(16)32-13-30-3)18(26)10-7-15-6-9-17(24)21(11-15)33(25,28)29/h5-7,9-12,27H,8,13H2,1-4H3,(H2,25,28,29)/b10-7-. The second-order valence-corrected chi connectivity index (χ2v) is 9.19. The van der Waals surface area contributed by atoms with Gasteiger partial charge in [-0.3, -0.25) is 4.79 Å². The maximum Gasteiger partial charge on any atom is 0.239 e. The summed E-state index contributed by atoms with van der Waals surface area (Å²) in [5.41, 5.74) is 1.89. The number of hydrogen-bond acceptors (Lipinski definition) is 7. The van der Waals surface area contributed by atoms with Crippen LogP contribution in [0.15, 0.2) is 46.9 Å². The number of ether oxygens (including phenoxy) is 3. The molecule has 0 aliphatic carbocycles. The van der Waals surface area contributed by atoms with Gasteiger partial charge in [0.25, 0.3) is 0 Å². The minimum Gasteiger partial charge on any atom is -0.507 e. The highest BCUT2D eigenvalue weighted by Crippen LogP contribution is 2.40. The van der Waals surface area contributed by atoms with Crippen LogP contribution in [0.5, 0.6) is 17.2 Å². The summed E-state index contributed by atoms with van der Waals surface area (Å²) in [6.45, 7) is 3.66. The average molecular weight is 496 g/mol. The number of phenols is 1. The molecule has 178 valence electrons. The zero-order valence-corrected chi connectivity index (χ0v) is 20.3. The molecule has 8 nitrogen and oxygen atoms in total. The molecule has 2 rings (SSSR count). The van der Waals surface area contributed by atoms with Crippen LogP contribution < -0.4 is 14.6 Å². The van der Waals surface area contributed by atoms with Gasteiger partial charge in [-0.1, -0.05) is 35.4 Å². The minimum absolute atomic E-state index is 0.0275. The summed E-state index contributed by atoms with van der Waals surface area (Å²) in [6.07, 6.45) is 4.84. The van der Waals surface area contributed by atoms with Crippen molar-refractivity contribution >= 4 is 33.5 Å². The Bertz CT molecular complexity index is 1200. The van der Waals surface area contributed by atoms with Gasteiger partial charge in [-0.2, -0.15) is 0 Å². The zero-order chi connectivity index (χ0) is 24.8. The molecule has 0 heterocycles. The molecule has 0 saturated carbocycles. The SMILES string of the molecule is COCOc1c(CC=C(C)C)c(O)cc(OC)c1C(=O)/C=C\c1ccc(Cl)c(S(N)(=O)=O)c1. The van der Waals surface area contributed by atoms with Gasteiger partial charge in [-0.25, -0.2) is 13.6 Å². The predicted octanol–water partition coefficient (Wildman–Crippen LogP) is 4.09. The zero-order valence-electron chi connectivity index (χ0n) is 18.7. The molecule has 0 fully saturated rings. The number of carbonyl (C=O) groups excluding carboxylic acids is 1. The Labute approximate surface area is 198 Å². The Morgan fingerprint density at radius 1 is 1.21 bits per heavy atom. The van der Waals surface area contributed by atoms with Crippen LogP contribution in [0.2, 0.25) is 5.02 Å². The highest BCUT2D eigenvalue weighted by Gasteiger charge is 2.24. The Balaban J connectivity index is 2.58. The summed E-state index contributed by atoms with van der Waals surface area (Å²) in [7, 11) is -1.24. The Morgan fingerprint density at radius 2 is 1.91 bits per heavy atom. The number of allylic oxidation sites excluding steroid dienone is 3. The van der Waals surface area contributed by atoms with E-state index in [1.54, 1.807) is 0 Å². The molecule has 0 aromatic heterocycles. The maximum absolute atomic E-state index is 13.2. The molecule has 33 heavy (non-hydrogen) atoms. The van der Waals surface area contributed by atoms with Crippen molar-refractivity contribution in [2.45, 2.75) is 25.2 Å². The van der Waals surface area contributed by atoms with Crippen LogP contribution in [0, 0.1) is 0 Å². The third kappa shape index (κ3) is 6.82. The number of phenolic OH excluding ortho intramolecular Hbond substituents is 1. The van der Waals surface area contributed by atoms with Crippen LogP contribution in [-0.4, -0.2) is 40.3 Å². The average Bonchev–Trinajstić information content (AvgIpc) is 2.74. The molecule has 0 spiro atoms. The second kappa shape index (κ2) is 11.3. The molecule has 0 radical (unpaired) electrons. The number of benzene rings is 2. The highest BCUT2D eigenvalue weighted by atomic mass is 35.5. The molecule has 0 saturated heterocycles. The fourth-order valence-electron chi connectivity index (χ4n) is 2.93. The molecule has 2 aromatic rings. The van der Waals surface area contributed by atoms with Crippen molar-refractivity contribution in [1.82, 2.24) is 0 Å². The lowest BCUT2D eigenvalue weighted by Crippen LogP contribution is -2.12. The van der Waals surface area contributed by atoms with Crippen LogP contribution in [0.3, 0.4) is 0 Å². The molecule has 10 heteroatoms. The van der Waals surface area contributed by atoms with Gasteiger partial charge < -0.3 is 19.3 Å². The van der Waals surface area contributed by atoms with E-state index in [1.165, 1.54) is 50.6 Å². The van der Waals surface area contributed by atoms with E-state index < -0.39 is 15.8 Å². The fraction of sp³-hybridized carbons (Fsp3) is 0.261. The first-order chi connectivity index (χ1) is 15.5. The molecular weight excluding hydrogens is 470 g/mol. The van der Waals surface area contributed by atoms with Crippen molar-refractivity contribution in [2.24, 2.45) is 5.14 Å². The number of aromatic hydroxyl groups is 1. The summed E-state index contributed by atoms with van der Waals surface area (Å²) in [5.74, 6) is -0.354. The smallest absolute Gasteiger partial charge is 0.239 e. The normalized spacial score (nSPS) is 11.5. The van der Waals surface area contributed by atoms with Crippen LogP contribution in [0.25, 0.3) is 6.08 Å². The van der Waals surface area contributed by atoms with E-state index in [9.17, 15) is 18.3 Å². The number of carbonyl (C=O) groups is 1. The number of methoxy groups -OCH3 is 2. The highest BCUT2D eigenvalue weighted by molar-refractivity contribution is 7.89. The molecule has 0 unspecified atom stereocenters. The van der Waals surface area contributed by atoms with E-state index in [4.69, 9.17) is 31.0 Å². The number of hydrogen-bond donors (Lipinski definition) is 2. The first kappa shape index (κ1) is 26.4. The van der Waals surface area contributed by atoms with Crippen molar-refractivity contribution in [3.05, 3.63) is 63.7 Å². The number of ketones is 1. The lowest BCUT2D eigenvalue weighted by molar-refractivity contribution is 0.0494. The lowest BCUT2D eigenvalue weighted by Gasteiger charge is -2.18. The molecule has 0 atom stereocenters. The molecule has 0 aliphatic heterocycles. The van der Waals surface area contributed by atoms with Gasteiger partial charge in [0.1, 0.15) is 27.7 Å². The van der Waals surface area contributed by atoms with Gasteiger partial charge in [0, 0.05) is 18.7 Å². The number of sulfonamides is 1. The van der Waals surface area contributed by atoms with E-state index in [0.29, 0.717) is 17.5 Å². The monoisotopic (exact) mass is 495 g/mol. The first-order valence-corrected chi connectivity index (χ1v) is 11.6. The van der Waals surface area contributed by atoms with E-state index >= 15 is 0 Å². The number of rotatable bonds is 10. The van der Waals surface area contributed by atoms with Crippen LogP contribution in [0.4, 0.5) is 0 Å². The number of nitrogens with two attached hydrogens (primary N) is 1. The van der Waals surface area contributed by atoms with Gasteiger partial charge in [-0.15, -0.1) is 0 Å².